The van der Waals surface area contributed by atoms with E-state index in [1.165, 1.54) is 23.1 Å². The van der Waals surface area contributed by atoms with E-state index >= 15 is 0 Å². The van der Waals surface area contributed by atoms with Gasteiger partial charge in [-0.25, -0.2) is 4.98 Å². The van der Waals surface area contributed by atoms with E-state index < -0.39 is 0 Å². The Hall–Kier alpha value is -2.69. The van der Waals surface area contributed by atoms with Crippen LogP contribution in [0.1, 0.15) is 6.92 Å². The third-order valence-electron chi connectivity index (χ3n) is 4.23. The van der Waals surface area contributed by atoms with Crippen LogP contribution in [0.3, 0.4) is 0 Å². The highest BCUT2D eigenvalue weighted by molar-refractivity contribution is 7.99. The third-order valence-corrected chi connectivity index (χ3v) is 6.14. The third kappa shape index (κ3) is 4.40. The number of benzene rings is 1. The molecule has 4 rings (SSSR count). The molecule has 3 aromatic heterocycles. The highest BCUT2D eigenvalue weighted by Gasteiger charge is 2.20. The molecule has 0 unspecified atom stereocenters. The number of thiazole rings is 1. The van der Waals surface area contributed by atoms with E-state index in [1.807, 2.05) is 54.4 Å². The van der Waals surface area contributed by atoms with E-state index in [0.29, 0.717) is 27.7 Å². The van der Waals surface area contributed by atoms with Gasteiger partial charge in [0, 0.05) is 42.0 Å². The fraction of sp³-hybridized carbons (Fsp3) is 0.211. The van der Waals surface area contributed by atoms with E-state index in [0.717, 1.165) is 16.8 Å². The summed E-state index contributed by atoms with van der Waals surface area (Å²) in [4.78, 5) is 16.2. The smallest absolute Gasteiger partial charge is 0.236 e. The Labute approximate surface area is 186 Å². The molecule has 0 radical (unpaired) electrons. The second-order valence-electron chi connectivity index (χ2n) is 6.30. The van der Waals surface area contributed by atoms with E-state index in [1.54, 1.807) is 10.9 Å². The van der Waals surface area contributed by atoms with E-state index in [4.69, 9.17) is 11.6 Å². The number of amides is 1. The maximum atomic E-state index is 12.2. The molecule has 4 aromatic rings. The van der Waals surface area contributed by atoms with Gasteiger partial charge in [-0.1, -0.05) is 35.5 Å². The largest absolute Gasteiger partial charge is 0.302 e. The average molecular weight is 460 g/mol. The van der Waals surface area contributed by atoms with Gasteiger partial charge >= 0.3 is 0 Å². The zero-order chi connectivity index (χ0) is 21.1. The van der Waals surface area contributed by atoms with Crippen LogP contribution in [-0.4, -0.2) is 41.2 Å². The van der Waals surface area contributed by atoms with Gasteiger partial charge < -0.3 is 9.88 Å². The molecule has 8 nitrogen and oxygen atoms in total. The number of hydrogen-bond acceptors (Lipinski definition) is 7. The van der Waals surface area contributed by atoms with Gasteiger partial charge in [0.2, 0.25) is 5.91 Å². The molecular weight excluding hydrogens is 442 g/mol. The molecule has 0 saturated heterocycles. The van der Waals surface area contributed by atoms with Gasteiger partial charge in [0.1, 0.15) is 5.69 Å². The molecule has 0 spiro atoms. The van der Waals surface area contributed by atoms with Crippen LogP contribution < -0.4 is 5.32 Å². The maximum absolute atomic E-state index is 12.2. The SMILES string of the molecule is CCn1c(SCC(=O)Nc2nccs2)nnc1-c1cn(C)nc1-c1ccc(Cl)cc1. The van der Waals surface area contributed by atoms with Crippen LogP contribution in [0.5, 0.6) is 0 Å². The summed E-state index contributed by atoms with van der Waals surface area (Å²) in [5.41, 5.74) is 2.61. The van der Waals surface area contributed by atoms with Crippen molar-refractivity contribution in [1.29, 1.82) is 0 Å². The maximum Gasteiger partial charge on any atom is 0.236 e. The standard InChI is InChI=1S/C19H18ClN7OS2/c1-3-27-17(14-10-26(2)25-16(14)12-4-6-13(20)7-5-12)23-24-19(27)30-11-15(28)22-18-21-8-9-29-18/h4-10H,3,11H2,1-2H3,(H,21,22,28). The number of aromatic nitrogens is 6. The first-order valence-electron chi connectivity index (χ1n) is 9.10. The Kier molecular flexibility index (Phi) is 6.16. The molecule has 0 atom stereocenters. The molecule has 0 saturated carbocycles. The first-order chi connectivity index (χ1) is 14.5. The van der Waals surface area contributed by atoms with Crippen molar-refractivity contribution in [3.05, 3.63) is 47.1 Å². The Morgan fingerprint density at radius 1 is 1.27 bits per heavy atom. The van der Waals surface area contributed by atoms with Crippen molar-refractivity contribution in [2.24, 2.45) is 7.05 Å². The van der Waals surface area contributed by atoms with Gasteiger partial charge in [-0.2, -0.15) is 5.10 Å². The lowest BCUT2D eigenvalue weighted by Gasteiger charge is -2.07. The van der Waals surface area contributed by atoms with Crippen molar-refractivity contribution in [3.8, 4) is 22.6 Å². The predicted molar refractivity (Wildman–Crippen MR) is 120 cm³/mol. The molecule has 0 aliphatic carbocycles. The quantitative estimate of drug-likeness (QED) is 0.416. The van der Waals surface area contributed by atoms with Gasteiger partial charge in [0.05, 0.1) is 11.3 Å². The first kappa shape index (κ1) is 20.6. The van der Waals surface area contributed by atoms with Gasteiger partial charge in [-0.05, 0) is 19.1 Å². The summed E-state index contributed by atoms with van der Waals surface area (Å²) in [6.07, 6.45) is 3.57. The van der Waals surface area contributed by atoms with E-state index in [2.05, 4.69) is 25.6 Å². The van der Waals surface area contributed by atoms with Gasteiger partial charge in [-0.3, -0.25) is 9.48 Å². The van der Waals surface area contributed by atoms with Crippen molar-refractivity contribution in [3.63, 3.8) is 0 Å². The van der Waals surface area contributed by atoms with Gasteiger partial charge in [0.25, 0.3) is 0 Å². The van der Waals surface area contributed by atoms with Crippen LogP contribution in [-0.2, 0) is 18.4 Å². The summed E-state index contributed by atoms with van der Waals surface area (Å²) in [5.74, 6) is 0.790. The number of nitrogens with one attached hydrogen (secondary N) is 1. The zero-order valence-electron chi connectivity index (χ0n) is 16.2. The predicted octanol–water partition coefficient (Wildman–Crippen LogP) is 4.21. The molecule has 11 heteroatoms. The van der Waals surface area contributed by atoms with Gasteiger partial charge in [-0.15, -0.1) is 21.5 Å². The lowest BCUT2D eigenvalue weighted by Crippen LogP contribution is -2.14. The van der Waals surface area contributed by atoms with E-state index in [9.17, 15) is 4.79 Å². The summed E-state index contributed by atoms with van der Waals surface area (Å²) in [7, 11) is 1.87. The van der Waals surface area contributed by atoms with E-state index in [-0.39, 0.29) is 11.7 Å². The summed E-state index contributed by atoms with van der Waals surface area (Å²) in [6.45, 7) is 2.68. The second kappa shape index (κ2) is 8.99. The van der Waals surface area contributed by atoms with Crippen molar-refractivity contribution in [2.75, 3.05) is 11.1 Å². The number of nitrogens with zero attached hydrogens (tertiary/aromatic N) is 6. The normalized spacial score (nSPS) is 11.0. The lowest BCUT2D eigenvalue weighted by molar-refractivity contribution is -0.113. The van der Waals surface area contributed by atoms with Crippen LogP contribution in [0.15, 0.2) is 47.2 Å². The summed E-state index contributed by atoms with van der Waals surface area (Å²) in [5, 5.41) is 19.8. The Morgan fingerprint density at radius 2 is 2.07 bits per heavy atom. The highest BCUT2D eigenvalue weighted by Crippen LogP contribution is 2.32. The topological polar surface area (TPSA) is 90.5 Å². The minimum Gasteiger partial charge on any atom is -0.302 e. The van der Waals surface area contributed by atoms with Crippen molar-refractivity contribution in [1.82, 2.24) is 29.5 Å². The van der Waals surface area contributed by atoms with Crippen molar-refractivity contribution >= 4 is 45.7 Å². The first-order valence-corrected chi connectivity index (χ1v) is 11.3. The molecular formula is C19H18ClN7OS2. The van der Waals surface area contributed by atoms with Crippen LogP contribution in [0.2, 0.25) is 5.02 Å². The number of halogens is 1. The molecule has 154 valence electrons. The minimum atomic E-state index is -0.134. The highest BCUT2D eigenvalue weighted by atomic mass is 35.5. The number of rotatable bonds is 7. The number of carbonyl (C=O) groups excluding carboxylic acids is 1. The molecule has 1 aromatic carbocycles. The Bertz CT molecular complexity index is 1150. The van der Waals surface area contributed by atoms with Crippen LogP contribution >= 0.6 is 34.7 Å². The molecule has 1 N–H and O–H groups in total. The number of carbonyl (C=O) groups is 1. The van der Waals surface area contributed by atoms with Crippen LogP contribution in [0.25, 0.3) is 22.6 Å². The molecule has 30 heavy (non-hydrogen) atoms. The molecule has 3 heterocycles. The molecule has 0 aliphatic rings. The fourth-order valence-corrected chi connectivity index (χ4v) is 4.40. The number of thioether (sulfide) groups is 1. The fourth-order valence-electron chi connectivity index (χ4n) is 2.92. The molecule has 0 fully saturated rings. The van der Waals surface area contributed by atoms with Gasteiger partial charge in [0.15, 0.2) is 16.1 Å². The number of anilines is 1. The van der Waals surface area contributed by atoms with Crippen molar-refractivity contribution in [2.45, 2.75) is 18.6 Å². The summed E-state index contributed by atoms with van der Waals surface area (Å²) < 4.78 is 3.74. The van der Waals surface area contributed by atoms with Crippen molar-refractivity contribution < 1.29 is 4.79 Å². The Balaban J connectivity index is 1.58. The number of hydrogen-bond donors (Lipinski definition) is 1. The minimum absolute atomic E-state index is 0.134. The number of aryl methyl sites for hydroxylation is 1. The molecule has 0 bridgehead atoms. The summed E-state index contributed by atoms with van der Waals surface area (Å²) >= 11 is 8.74. The second-order valence-corrected chi connectivity index (χ2v) is 8.57. The summed E-state index contributed by atoms with van der Waals surface area (Å²) in [6, 6.07) is 7.53. The zero-order valence-corrected chi connectivity index (χ0v) is 18.6. The monoisotopic (exact) mass is 459 g/mol. The average Bonchev–Trinajstić information content (AvgIpc) is 3.46. The lowest BCUT2D eigenvalue weighted by atomic mass is 10.1. The molecule has 0 aliphatic heterocycles. The Morgan fingerprint density at radius 3 is 2.77 bits per heavy atom. The van der Waals surface area contributed by atoms with Crippen LogP contribution in [0, 0.1) is 0 Å². The molecule has 1 amide bonds. The van der Waals surface area contributed by atoms with Crippen LogP contribution in [0.4, 0.5) is 5.13 Å².